The molecule has 172 valence electrons. The second-order valence-corrected chi connectivity index (χ2v) is 8.90. The smallest absolute Gasteiger partial charge is 0.254 e. The van der Waals surface area contributed by atoms with Gasteiger partial charge < -0.3 is 19.3 Å². The summed E-state index contributed by atoms with van der Waals surface area (Å²) in [5.74, 6) is 0.287. The molecule has 1 aliphatic heterocycles. The maximum atomic E-state index is 13.8. The number of ether oxygens (including phenoxy) is 2. The second-order valence-electron chi connectivity index (χ2n) is 8.02. The molecule has 0 spiro atoms. The fourth-order valence-electron chi connectivity index (χ4n) is 4.28. The molecule has 1 aliphatic rings. The van der Waals surface area contributed by atoms with Crippen molar-refractivity contribution in [3.8, 4) is 11.5 Å². The van der Waals surface area contributed by atoms with E-state index in [0.717, 1.165) is 23.3 Å². The largest absolute Gasteiger partial charge is 0.493 e. The van der Waals surface area contributed by atoms with E-state index in [-0.39, 0.29) is 11.8 Å². The summed E-state index contributed by atoms with van der Waals surface area (Å²) in [6.07, 6.45) is 3.95. The molecule has 2 amide bonds. The number of methoxy groups -OCH3 is 2. The summed E-state index contributed by atoms with van der Waals surface area (Å²) in [6.45, 7) is 2.78. The number of likely N-dealkylation sites (N-methyl/N-ethyl adjacent to an activating group) is 2. The fraction of sp³-hybridized carbons (Fsp3) is 0.440. The molecule has 0 aromatic heterocycles. The lowest BCUT2D eigenvalue weighted by Gasteiger charge is -2.41. The van der Waals surface area contributed by atoms with Crippen LogP contribution >= 0.6 is 11.8 Å². The van der Waals surface area contributed by atoms with Gasteiger partial charge in [-0.1, -0.05) is 25.5 Å². The Bertz CT molecular complexity index is 977. The van der Waals surface area contributed by atoms with Crippen LogP contribution in [0.1, 0.15) is 53.2 Å². The minimum absolute atomic E-state index is 0.00906. The number of benzene rings is 2. The van der Waals surface area contributed by atoms with Crippen LogP contribution in [0.15, 0.2) is 41.3 Å². The highest BCUT2D eigenvalue weighted by Gasteiger charge is 2.44. The van der Waals surface area contributed by atoms with Gasteiger partial charge in [-0.05, 0) is 48.1 Å². The summed E-state index contributed by atoms with van der Waals surface area (Å²) in [4.78, 5) is 31.8. The zero-order valence-corrected chi connectivity index (χ0v) is 20.5. The number of hydrogen-bond acceptors (Lipinski definition) is 5. The van der Waals surface area contributed by atoms with Crippen molar-refractivity contribution in [2.75, 3.05) is 41.1 Å². The molecule has 0 radical (unpaired) electrons. The molecule has 7 heteroatoms. The SMILES string of the molecule is CCCCN(C)C(=O)[C@H]1c2cc(OC)c(OC)cc2C(=O)N(C)[C@H]1c1ccc(SC)cc1. The number of carbonyl (C=O) groups is 2. The van der Waals surface area contributed by atoms with E-state index >= 15 is 0 Å². The number of amides is 2. The van der Waals surface area contributed by atoms with Crippen molar-refractivity contribution in [3.63, 3.8) is 0 Å². The first kappa shape index (κ1) is 24.0. The lowest BCUT2D eigenvalue weighted by Crippen LogP contribution is -2.46. The van der Waals surface area contributed by atoms with Crippen molar-refractivity contribution in [2.24, 2.45) is 0 Å². The second kappa shape index (κ2) is 10.3. The number of carbonyl (C=O) groups excluding carboxylic acids is 2. The van der Waals surface area contributed by atoms with Crippen LogP contribution in [0.25, 0.3) is 0 Å². The van der Waals surface area contributed by atoms with E-state index in [1.807, 2.05) is 37.6 Å². The van der Waals surface area contributed by atoms with Gasteiger partial charge in [-0.25, -0.2) is 0 Å². The maximum absolute atomic E-state index is 13.8. The minimum atomic E-state index is -0.547. The summed E-state index contributed by atoms with van der Waals surface area (Å²) < 4.78 is 10.9. The normalized spacial score (nSPS) is 17.7. The Labute approximate surface area is 194 Å². The highest BCUT2D eigenvalue weighted by Crippen LogP contribution is 2.46. The predicted molar refractivity (Wildman–Crippen MR) is 128 cm³/mol. The van der Waals surface area contributed by atoms with Crippen molar-refractivity contribution < 1.29 is 19.1 Å². The molecule has 1 heterocycles. The molecule has 2 atom stereocenters. The molecule has 0 unspecified atom stereocenters. The summed E-state index contributed by atoms with van der Waals surface area (Å²) in [5.41, 5.74) is 2.09. The molecular formula is C25H32N2O4S. The molecule has 2 aromatic rings. The van der Waals surface area contributed by atoms with Gasteiger partial charge in [0, 0.05) is 31.1 Å². The monoisotopic (exact) mass is 456 g/mol. The zero-order valence-electron chi connectivity index (χ0n) is 19.7. The van der Waals surface area contributed by atoms with Crippen molar-refractivity contribution in [3.05, 3.63) is 53.1 Å². The fourth-order valence-corrected chi connectivity index (χ4v) is 4.68. The lowest BCUT2D eigenvalue weighted by atomic mass is 9.79. The van der Waals surface area contributed by atoms with Crippen LogP contribution in [0, 0.1) is 0 Å². The van der Waals surface area contributed by atoms with Crippen LogP contribution in [-0.2, 0) is 4.79 Å². The van der Waals surface area contributed by atoms with Gasteiger partial charge in [-0.15, -0.1) is 11.8 Å². The van der Waals surface area contributed by atoms with Crippen LogP contribution < -0.4 is 9.47 Å². The average molecular weight is 457 g/mol. The van der Waals surface area contributed by atoms with Gasteiger partial charge in [0.25, 0.3) is 5.91 Å². The summed E-state index contributed by atoms with van der Waals surface area (Å²) >= 11 is 1.66. The van der Waals surface area contributed by atoms with E-state index in [1.54, 1.807) is 55.0 Å². The summed E-state index contributed by atoms with van der Waals surface area (Å²) in [5, 5.41) is 0. The Hall–Kier alpha value is -2.67. The van der Waals surface area contributed by atoms with Crippen LogP contribution in [0.4, 0.5) is 0 Å². The van der Waals surface area contributed by atoms with Gasteiger partial charge in [0.05, 0.1) is 26.2 Å². The number of unbranched alkanes of at least 4 members (excludes halogenated alkanes) is 1. The number of thioether (sulfide) groups is 1. The average Bonchev–Trinajstić information content (AvgIpc) is 2.83. The summed E-state index contributed by atoms with van der Waals surface area (Å²) in [7, 11) is 6.70. The first-order valence-corrected chi connectivity index (χ1v) is 12.0. The minimum Gasteiger partial charge on any atom is -0.493 e. The van der Waals surface area contributed by atoms with Crippen molar-refractivity contribution in [1.82, 2.24) is 9.80 Å². The Balaban J connectivity index is 2.19. The molecule has 0 fully saturated rings. The molecule has 0 aliphatic carbocycles. The van der Waals surface area contributed by atoms with E-state index < -0.39 is 12.0 Å². The van der Waals surface area contributed by atoms with Crippen LogP contribution in [-0.4, -0.2) is 62.7 Å². The number of rotatable bonds is 8. The van der Waals surface area contributed by atoms with E-state index in [0.29, 0.717) is 29.2 Å². The standard InChI is InChI=1S/C25H32N2O4S/c1-7-8-13-26(2)25(29)22-18-14-20(30-4)21(31-5)15-19(18)24(28)27(3)23(22)16-9-11-17(32-6)12-10-16/h9-12,14-15,22-23H,7-8,13H2,1-6H3/t22-,23-/m0/s1. The highest BCUT2D eigenvalue weighted by molar-refractivity contribution is 7.98. The predicted octanol–water partition coefficient (Wildman–Crippen LogP) is 4.59. The first-order valence-electron chi connectivity index (χ1n) is 10.8. The van der Waals surface area contributed by atoms with Crippen LogP contribution in [0.5, 0.6) is 11.5 Å². The molecular weight excluding hydrogens is 424 g/mol. The third-order valence-electron chi connectivity index (χ3n) is 6.12. The lowest BCUT2D eigenvalue weighted by molar-refractivity contribution is -0.133. The molecule has 6 nitrogen and oxygen atoms in total. The Morgan fingerprint density at radius 1 is 1.12 bits per heavy atom. The van der Waals surface area contributed by atoms with E-state index in [1.165, 1.54) is 0 Å². The van der Waals surface area contributed by atoms with Crippen molar-refractivity contribution in [1.29, 1.82) is 0 Å². The van der Waals surface area contributed by atoms with Crippen LogP contribution in [0.3, 0.4) is 0 Å². The van der Waals surface area contributed by atoms with Crippen LogP contribution in [0.2, 0.25) is 0 Å². The first-order chi connectivity index (χ1) is 15.4. The molecule has 0 N–H and O–H groups in total. The molecule has 2 aromatic carbocycles. The van der Waals surface area contributed by atoms with Gasteiger partial charge in [-0.3, -0.25) is 9.59 Å². The molecule has 0 saturated heterocycles. The van der Waals surface area contributed by atoms with Crippen molar-refractivity contribution >= 4 is 23.6 Å². The summed E-state index contributed by atoms with van der Waals surface area (Å²) in [6, 6.07) is 11.2. The van der Waals surface area contributed by atoms with Gasteiger partial charge in [0.1, 0.15) is 0 Å². The quantitative estimate of drug-likeness (QED) is 0.544. The third-order valence-corrected chi connectivity index (χ3v) is 6.86. The molecule has 0 saturated carbocycles. The van der Waals surface area contributed by atoms with Crippen molar-refractivity contribution in [2.45, 2.75) is 36.6 Å². The third kappa shape index (κ3) is 4.44. The van der Waals surface area contributed by atoms with Gasteiger partial charge >= 0.3 is 0 Å². The van der Waals surface area contributed by atoms with E-state index in [9.17, 15) is 9.59 Å². The van der Waals surface area contributed by atoms with Gasteiger partial charge in [-0.2, -0.15) is 0 Å². The Kier molecular flexibility index (Phi) is 7.72. The zero-order chi connectivity index (χ0) is 23.4. The Morgan fingerprint density at radius 2 is 1.75 bits per heavy atom. The molecule has 32 heavy (non-hydrogen) atoms. The number of nitrogens with zero attached hydrogens (tertiary/aromatic N) is 2. The van der Waals surface area contributed by atoms with Gasteiger partial charge in [0.15, 0.2) is 11.5 Å². The topological polar surface area (TPSA) is 59.1 Å². The molecule has 3 rings (SSSR count). The maximum Gasteiger partial charge on any atom is 0.254 e. The number of fused-ring (bicyclic) bond motifs is 1. The molecule has 0 bridgehead atoms. The Morgan fingerprint density at radius 3 is 2.31 bits per heavy atom. The highest BCUT2D eigenvalue weighted by atomic mass is 32.2. The number of hydrogen-bond donors (Lipinski definition) is 0. The van der Waals surface area contributed by atoms with E-state index in [4.69, 9.17) is 9.47 Å². The van der Waals surface area contributed by atoms with E-state index in [2.05, 4.69) is 6.92 Å². The van der Waals surface area contributed by atoms with Gasteiger partial charge in [0.2, 0.25) is 5.91 Å².